The zero-order chi connectivity index (χ0) is 15.8. The van der Waals surface area contributed by atoms with Gasteiger partial charge in [-0.05, 0) is 42.2 Å². The first-order valence-corrected chi connectivity index (χ1v) is 7.22. The standard InChI is InChI=1S/C16H23NO4/c1-15(2)7-10(8-16(3,4)9-15)17-13(18)11-5-6-12(21-11)14(19)20/h5-6,10H,7-9H2,1-4H3,(H,17,18)(H,19,20). The fourth-order valence-electron chi connectivity index (χ4n) is 3.78. The quantitative estimate of drug-likeness (QED) is 0.896. The fourth-order valence-corrected chi connectivity index (χ4v) is 3.78. The highest BCUT2D eigenvalue weighted by atomic mass is 16.4. The van der Waals surface area contributed by atoms with Crippen molar-refractivity contribution < 1.29 is 19.1 Å². The lowest BCUT2D eigenvalue weighted by Crippen LogP contribution is -2.45. The van der Waals surface area contributed by atoms with Gasteiger partial charge in [-0.3, -0.25) is 4.79 Å². The highest BCUT2D eigenvalue weighted by molar-refractivity contribution is 5.93. The molecular formula is C16H23NO4. The van der Waals surface area contributed by atoms with Crippen LogP contribution in [-0.2, 0) is 0 Å². The minimum absolute atomic E-state index is 0.0496. The van der Waals surface area contributed by atoms with Crippen molar-refractivity contribution in [3.8, 4) is 0 Å². The molecule has 0 unspecified atom stereocenters. The van der Waals surface area contributed by atoms with Crippen molar-refractivity contribution in [3.05, 3.63) is 23.7 Å². The van der Waals surface area contributed by atoms with E-state index in [9.17, 15) is 9.59 Å². The Morgan fingerprint density at radius 2 is 1.67 bits per heavy atom. The Balaban J connectivity index is 2.06. The fraction of sp³-hybridized carbons (Fsp3) is 0.625. The van der Waals surface area contributed by atoms with Gasteiger partial charge in [0.1, 0.15) is 0 Å². The van der Waals surface area contributed by atoms with Crippen LogP contribution in [0.3, 0.4) is 0 Å². The molecule has 0 aromatic carbocycles. The van der Waals surface area contributed by atoms with Crippen molar-refractivity contribution >= 4 is 11.9 Å². The molecular weight excluding hydrogens is 270 g/mol. The van der Waals surface area contributed by atoms with E-state index < -0.39 is 5.97 Å². The Bertz CT molecular complexity index is 540. The molecule has 0 saturated heterocycles. The van der Waals surface area contributed by atoms with Crippen LogP contribution in [0.15, 0.2) is 16.5 Å². The number of amides is 1. The maximum atomic E-state index is 12.2. The number of hydrogen-bond acceptors (Lipinski definition) is 3. The second-order valence-electron chi connectivity index (χ2n) is 7.55. The van der Waals surface area contributed by atoms with Crippen LogP contribution in [0.4, 0.5) is 0 Å². The zero-order valence-corrected chi connectivity index (χ0v) is 13.0. The maximum absolute atomic E-state index is 12.2. The topological polar surface area (TPSA) is 79.5 Å². The van der Waals surface area contributed by atoms with Crippen molar-refractivity contribution in [3.63, 3.8) is 0 Å². The first-order valence-electron chi connectivity index (χ1n) is 7.22. The van der Waals surface area contributed by atoms with E-state index in [1.54, 1.807) is 0 Å². The number of carboxylic acid groups (broad SMARTS) is 1. The molecule has 116 valence electrons. The molecule has 1 amide bonds. The van der Waals surface area contributed by atoms with Crippen molar-refractivity contribution in [1.82, 2.24) is 5.32 Å². The molecule has 1 saturated carbocycles. The van der Waals surface area contributed by atoms with Crippen molar-refractivity contribution in [2.24, 2.45) is 10.8 Å². The molecule has 2 rings (SSSR count). The number of carbonyl (C=O) groups excluding carboxylic acids is 1. The average Bonchev–Trinajstić information content (AvgIpc) is 2.72. The van der Waals surface area contributed by atoms with Gasteiger partial charge >= 0.3 is 5.97 Å². The summed E-state index contributed by atoms with van der Waals surface area (Å²) in [6.45, 7) is 8.84. The van der Waals surface area contributed by atoms with Gasteiger partial charge in [0.05, 0.1) is 0 Å². The summed E-state index contributed by atoms with van der Waals surface area (Å²) in [5.74, 6) is -1.69. The van der Waals surface area contributed by atoms with Gasteiger partial charge < -0.3 is 14.8 Å². The van der Waals surface area contributed by atoms with E-state index in [1.165, 1.54) is 12.1 Å². The summed E-state index contributed by atoms with van der Waals surface area (Å²) in [5.41, 5.74) is 0.351. The lowest BCUT2D eigenvalue weighted by Gasteiger charge is -2.45. The molecule has 0 spiro atoms. The third-order valence-corrected chi connectivity index (χ3v) is 3.93. The van der Waals surface area contributed by atoms with Crippen LogP contribution in [0.2, 0.25) is 0 Å². The summed E-state index contributed by atoms with van der Waals surface area (Å²) < 4.78 is 5.04. The molecule has 1 aliphatic rings. The third kappa shape index (κ3) is 3.86. The number of aromatic carboxylic acids is 1. The van der Waals surface area contributed by atoms with Crippen LogP contribution >= 0.6 is 0 Å². The van der Waals surface area contributed by atoms with Crippen molar-refractivity contribution in [2.75, 3.05) is 0 Å². The van der Waals surface area contributed by atoms with Crippen molar-refractivity contribution in [2.45, 2.75) is 53.0 Å². The molecule has 21 heavy (non-hydrogen) atoms. The van der Waals surface area contributed by atoms with Gasteiger partial charge in [-0.1, -0.05) is 27.7 Å². The van der Waals surface area contributed by atoms with E-state index in [2.05, 4.69) is 33.0 Å². The van der Waals surface area contributed by atoms with Crippen molar-refractivity contribution in [1.29, 1.82) is 0 Å². The maximum Gasteiger partial charge on any atom is 0.371 e. The van der Waals surface area contributed by atoms with E-state index in [0.29, 0.717) is 0 Å². The SMILES string of the molecule is CC1(C)CC(NC(=O)c2ccc(C(=O)O)o2)CC(C)(C)C1. The van der Waals surface area contributed by atoms with Crippen LogP contribution in [0, 0.1) is 10.8 Å². The summed E-state index contributed by atoms with van der Waals surface area (Å²) in [4.78, 5) is 22.9. The van der Waals surface area contributed by atoms with E-state index in [1.807, 2.05) is 0 Å². The minimum Gasteiger partial charge on any atom is -0.475 e. The van der Waals surface area contributed by atoms with Gasteiger partial charge in [0, 0.05) is 6.04 Å². The molecule has 1 aliphatic carbocycles. The van der Waals surface area contributed by atoms with Crippen LogP contribution < -0.4 is 5.32 Å². The molecule has 0 atom stereocenters. The van der Waals surface area contributed by atoms with Gasteiger partial charge in [-0.2, -0.15) is 0 Å². The number of carboxylic acids is 1. The van der Waals surface area contributed by atoms with E-state index in [0.717, 1.165) is 19.3 Å². The molecule has 2 N–H and O–H groups in total. The number of rotatable bonds is 3. The van der Waals surface area contributed by atoms with Gasteiger partial charge in [0.2, 0.25) is 5.76 Å². The van der Waals surface area contributed by atoms with Crippen LogP contribution in [0.5, 0.6) is 0 Å². The number of hydrogen-bond donors (Lipinski definition) is 2. The summed E-state index contributed by atoms with van der Waals surface area (Å²) in [6, 6.07) is 2.78. The first-order chi connectivity index (χ1) is 9.58. The van der Waals surface area contributed by atoms with Crippen LogP contribution in [-0.4, -0.2) is 23.0 Å². The van der Waals surface area contributed by atoms with Crippen LogP contribution in [0.1, 0.15) is 68.1 Å². The predicted molar refractivity (Wildman–Crippen MR) is 78.3 cm³/mol. The third-order valence-electron chi connectivity index (χ3n) is 3.93. The largest absolute Gasteiger partial charge is 0.475 e. The summed E-state index contributed by atoms with van der Waals surface area (Å²) in [5, 5.41) is 11.8. The lowest BCUT2D eigenvalue weighted by molar-refractivity contribution is 0.0653. The summed E-state index contributed by atoms with van der Waals surface area (Å²) in [7, 11) is 0. The molecule has 0 radical (unpaired) electrons. The average molecular weight is 293 g/mol. The predicted octanol–water partition coefficient (Wildman–Crippen LogP) is 3.31. The Hall–Kier alpha value is -1.78. The second kappa shape index (κ2) is 5.20. The first kappa shape index (κ1) is 15.6. The Morgan fingerprint density at radius 1 is 1.14 bits per heavy atom. The molecule has 0 aliphatic heterocycles. The van der Waals surface area contributed by atoms with Gasteiger partial charge in [-0.25, -0.2) is 4.79 Å². The lowest BCUT2D eigenvalue weighted by atomic mass is 9.63. The van der Waals surface area contributed by atoms with E-state index in [4.69, 9.17) is 9.52 Å². The molecule has 0 bridgehead atoms. The number of carbonyl (C=O) groups is 2. The van der Waals surface area contributed by atoms with Gasteiger partial charge in [0.25, 0.3) is 5.91 Å². The Morgan fingerprint density at radius 3 is 2.14 bits per heavy atom. The smallest absolute Gasteiger partial charge is 0.371 e. The van der Waals surface area contributed by atoms with Gasteiger partial charge in [-0.15, -0.1) is 0 Å². The molecule has 1 aromatic heterocycles. The molecule has 1 aromatic rings. The van der Waals surface area contributed by atoms with E-state index in [-0.39, 0.29) is 34.3 Å². The number of furan rings is 1. The molecule has 1 fully saturated rings. The highest BCUT2D eigenvalue weighted by Gasteiger charge is 2.39. The Kier molecular flexibility index (Phi) is 3.87. The molecule has 1 heterocycles. The zero-order valence-electron chi connectivity index (χ0n) is 13.0. The summed E-state index contributed by atoms with van der Waals surface area (Å²) >= 11 is 0. The monoisotopic (exact) mass is 293 g/mol. The van der Waals surface area contributed by atoms with Gasteiger partial charge in [0.15, 0.2) is 5.76 Å². The molecule has 5 nitrogen and oxygen atoms in total. The number of nitrogens with one attached hydrogen (secondary N) is 1. The van der Waals surface area contributed by atoms with Crippen LogP contribution in [0.25, 0.3) is 0 Å². The second-order valence-corrected chi connectivity index (χ2v) is 7.55. The van der Waals surface area contributed by atoms with E-state index >= 15 is 0 Å². The highest BCUT2D eigenvalue weighted by Crippen LogP contribution is 2.45. The summed E-state index contributed by atoms with van der Waals surface area (Å²) in [6.07, 6.45) is 2.94. The normalized spacial score (nSPS) is 21.0. The Labute approximate surface area is 124 Å². The minimum atomic E-state index is -1.17. The molecule has 5 heteroatoms.